The van der Waals surface area contributed by atoms with E-state index >= 15 is 0 Å². The highest BCUT2D eigenvalue weighted by atomic mass is 35.5. The molecular weight excluding hydrogens is 370 g/mol. The van der Waals surface area contributed by atoms with Gasteiger partial charge in [-0.3, -0.25) is 9.25 Å². The molecule has 0 atom stereocenters. The van der Waals surface area contributed by atoms with Crippen LogP contribution in [0.1, 0.15) is 16.8 Å². The third-order valence-corrected chi connectivity index (χ3v) is 5.03. The molecule has 0 spiro atoms. The second kappa shape index (κ2) is 8.00. The molecular formula is C22H22ClN5. The minimum Gasteiger partial charge on any atom is -0.309 e. The topological polar surface area (TPSA) is 47.7 Å². The largest absolute Gasteiger partial charge is 0.309 e. The number of hydrogen-bond donors (Lipinski definition) is 1. The lowest BCUT2D eigenvalue weighted by molar-refractivity contribution is 0.476. The number of fused-ring (bicyclic) bond motifs is 1. The van der Waals surface area contributed by atoms with Crippen molar-refractivity contribution in [3.63, 3.8) is 0 Å². The number of nitrogens with zero attached hydrogens (tertiary/aromatic N) is 4. The van der Waals surface area contributed by atoms with Gasteiger partial charge in [-0.05, 0) is 29.7 Å². The Balaban J connectivity index is 0.00000192. The third-order valence-electron chi connectivity index (χ3n) is 5.03. The second-order valence-corrected chi connectivity index (χ2v) is 6.83. The fourth-order valence-electron chi connectivity index (χ4n) is 3.70. The molecule has 1 N–H and O–H groups in total. The van der Waals surface area contributed by atoms with Crippen LogP contribution in [0.5, 0.6) is 0 Å². The van der Waals surface area contributed by atoms with Gasteiger partial charge in [0.05, 0.1) is 17.9 Å². The molecule has 1 aliphatic heterocycles. The molecule has 0 unspecified atom stereocenters. The Hall–Kier alpha value is -2.89. The molecule has 0 radical (unpaired) electrons. The fourth-order valence-corrected chi connectivity index (χ4v) is 3.70. The molecule has 5 nitrogen and oxygen atoms in total. The molecule has 0 saturated heterocycles. The van der Waals surface area contributed by atoms with E-state index in [0.717, 1.165) is 43.3 Å². The maximum Gasteiger partial charge on any atom is 0.165 e. The van der Waals surface area contributed by atoms with E-state index in [0.29, 0.717) is 0 Å². The van der Waals surface area contributed by atoms with E-state index in [1.807, 2.05) is 12.4 Å². The monoisotopic (exact) mass is 391 g/mol. The first-order chi connectivity index (χ1) is 13.4. The maximum absolute atomic E-state index is 4.79. The first-order valence-electron chi connectivity index (χ1n) is 9.32. The summed E-state index contributed by atoms with van der Waals surface area (Å²) in [5, 5.41) is 8.18. The van der Waals surface area contributed by atoms with Crippen molar-refractivity contribution in [3.8, 4) is 17.2 Å². The number of imidazole rings is 1. The van der Waals surface area contributed by atoms with Crippen molar-refractivity contribution in [3.05, 3.63) is 89.9 Å². The Morgan fingerprint density at radius 3 is 2.68 bits per heavy atom. The van der Waals surface area contributed by atoms with Gasteiger partial charge in [0.15, 0.2) is 5.82 Å². The summed E-state index contributed by atoms with van der Waals surface area (Å²) in [7, 11) is 0. The van der Waals surface area contributed by atoms with Gasteiger partial charge in [0, 0.05) is 25.5 Å². The van der Waals surface area contributed by atoms with Crippen LogP contribution in [0.25, 0.3) is 17.2 Å². The van der Waals surface area contributed by atoms with E-state index < -0.39 is 0 Å². The highest BCUT2D eigenvalue weighted by Gasteiger charge is 2.17. The summed E-state index contributed by atoms with van der Waals surface area (Å²) in [6, 6.07) is 21.2. The molecule has 1 aliphatic rings. The number of halogens is 1. The minimum atomic E-state index is 0. The number of aromatic nitrogens is 4. The minimum absolute atomic E-state index is 0. The molecule has 2 aromatic heterocycles. The maximum atomic E-state index is 4.79. The van der Waals surface area contributed by atoms with Crippen molar-refractivity contribution in [2.24, 2.45) is 0 Å². The summed E-state index contributed by atoms with van der Waals surface area (Å²) < 4.78 is 4.24. The van der Waals surface area contributed by atoms with E-state index in [2.05, 4.69) is 80.2 Å². The molecule has 3 heterocycles. The number of benzene rings is 2. The molecule has 0 fully saturated rings. The molecule has 0 bridgehead atoms. The van der Waals surface area contributed by atoms with E-state index in [4.69, 9.17) is 5.10 Å². The summed E-state index contributed by atoms with van der Waals surface area (Å²) in [4.78, 5) is 4.62. The number of para-hydroxylation sites is 1. The second-order valence-electron chi connectivity index (χ2n) is 6.83. The van der Waals surface area contributed by atoms with Gasteiger partial charge in [-0.25, -0.2) is 4.98 Å². The Kier molecular flexibility index (Phi) is 5.28. The van der Waals surface area contributed by atoms with Gasteiger partial charge in [-0.15, -0.1) is 12.4 Å². The molecule has 142 valence electrons. The highest BCUT2D eigenvalue weighted by molar-refractivity contribution is 5.85. The predicted octanol–water partition coefficient (Wildman–Crippen LogP) is 3.85. The quantitative estimate of drug-likeness (QED) is 0.574. The Morgan fingerprint density at radius 1 is 1.00 bits per heavy atom. The van der Waals surface area contributed by atoms with Crippen LogP contribution in [0.15, 0.2) is 73.1 Å². The predicted molar refractivity (Wildman–Crippen MR) is 113 cm³/mol. The zero-order chi connectivity index (χ0) is 18.1. The van der Waals surface area contributed by atoms with Gasteiger partial charge in [0.1, 0.15) is 5.69 Å². The van der Waals surface area contributed by atoms with Crippen LogP contribution in [-0.2, 0) is 19.5 Å². The van der Waals surface area contributed by atoms with E-state index in [1.165, 1.54) is 16.8 Å². The van der Waals surface area contributed by atoms with Gasteiger partial charge in [-0.1, -0.05) is 48.5 Å². The normalized spacial score (nSPS) is 13.0. The Bertz CT molecular complexity index is 1040. The van der Waals surface area contributed by atoms with Crippen molar-refractivity contribution in [1.82, 2.24) is 24.6 Å². The van der Waals surface area contributed by atoms with Crippen molar-refractivity contribution >= 4 is 12.4 Å². The molecule has 4 aromatic rings. The van der Waals surface area contributed by atoms with Crippen LogP contribution in [-0.4, -0.2) is 25.9 Å². The zero-order valence-electron chi connectivity index (χ0n) is 15.5. The smallest absolute Gasteiger partial charge is 0.165 e. The first kappa shape index (κ1) is 18.5. The summed E-state index contributed by atoms with van der Waals surface area (Å²) in [6.07, 6.45) is 4.76. The van der Waals surface area contributed by atoms with Gasteiger partial charge < -0.3 is 5.32 Å². The fraction of sp³-hybridized carbons (Fsp3) is 0.182. The Morgan fingerprint density at radius 2 is 1.82 bits per heavy atom. The van der Waals surface area contributed by atoms with Crippen LogP contribution < -0.4 is 5.32 Å². The average Bonchev–Trinajstić information content (AvgIpc) is 3.36. The van der Waals surface area contributed by atoms with Gasteiger partial charge >= 0.3 is 0 Å². The highest BCUT2D eigenvalue weighted by Crippen LogP contribution is 2.25. The SMILES string of the molecule is Cl.c1ccc(Cc2ccccc2-n2ccnc2-c2cc3n(n2)CCNC3)cc1. The average molecular weight is 392 g/mol. The molecule has 0 amide bonds. The van der Waals surface area contributed by atoms with Crippen LogP contribution in [0.3, 0.4) is 0 Å². The van der Waals surface area contributed by atoms with Crippen LogP contribution in [0, 0.1) is 0 Å². The summed E-state index contributed by atoms with van der Waals surface area (Å²) in [5.41, 5.74) is 5.86. The van der Waals surface area contributed by atoms with Gasteiger partial charge in [0.25, 0.3) is 0 Å². The summed E-state index contributed by atoms with van der Waals surface area (Å²) >= 11 is 0. The standard InChI is InChI=1S/C22H21N5.ClH/c1-2-6-17(7-3-1)14-18-8-4-5-9-21(18)26-12-11-24-22(26)20-15-19-16-23-10-13-27(19)25-20;/h1-9,11-12,15,23H,10,13-14,16H2;1H. The number of rotatable bonds is 4. The van der Waals surface area contributed by atoms with Crippen molar-refractivity contribution < 1.29 is 0 Å². The van der Waals surface area contributed by atoms with E-state index in [-0.39, 0.29) is 12.4 Å². The first-order valence-corrected chi connectivity index (χ1v) is 9.32. The molecule has 6 heteroatoms. The molecule has 5 rings (SSSR count). The Labute approximate surface area is 170 Å². The van der Waals surface area contributed by atoms with Gasteiger partial charge in [0.2, 0.25) is 0 Å². The number of nitrogens with one attached hydrogen (secondary N) is 1. The zero-order valence-corrected chi connectivity index (χ0v) is 16.3. The van der Waals surface area contributed by atoms with Crippen LogP contribution >= 0.6 is 12.4 Å². The van der Waals surface area contributed by atoms with Crippen LogP contribution in [0.2, 0.25) is 0 Å². The van der Waals surface area contributed by atoms with Crippen molar-refractivity contribution in [1.29, 1.82) is 0 Å². The molecule has 28 heavy (non-hydrogen) atoms. The summed E-state index contributed by atoms with van der Waals surface area (Å²) in [6.45, 7) is 2.72. The molecule has 0 aliphatic carbocycles. The van der Waals surface area contributed by atoms with Gasteiger partial charge in [-0.2, -0.15) is 5.10 Å². The van der Waals surface area contributed by atoms with E-state index in [1.54, 1.807) is 0 Å². The lowest BCUT2D eigenvalue weighted by atomic mass is 10.0. The number of hydrogen-bond acceptors (Lipinski definition) is 3. The molecule has 0 saturated carbocycles. The third kappa shape index (κ3) is 3.46. The summed E-state index contributed by atoms with van der Waals surface area (Å²) in [5.74, 6) is 0.886. The van der Waals surface area contributed by atoms with Crippen LogP contribution in [0.4, 0.5) is 0 Å². The lowest BCUT2D eigenvalue weighted by Gasteiger charge is -2.13. The molecule has 2 aromatic carbocycles. The van der Waals surface area contributed by atoms with Crippen molar-refractivity contribution in [2.75, 3.05) is 6.54 Å². The van der Waals surface area contributed by atoms with E-state index in [9.17, 15) is 0 Å². The van der Waals surface area contributed by atoms with Crippen molar-refractivity contribution in [2.45, 2.75) is 19.5 Å². The lowest BCUT2D eigenvalue weighted by Crippen LogP contribution is -2.28.